The Morgan fingerprint density at radius 1 is 1.08 bits per heavy atom. The summed E-state index contributed by atoms with van der Waals surface area (Å²) in [6.45, 7) is 11.4. The van der Waals surface area contributed by atoms with Gasteiger partial charge in [0.05, 0.1) is 16.1 Å². The van der Waals surface area contributed by atoms with Gasteiger partial charge in [-0.25, -0.2) is 9.37 Å². The number of carbonyl (C=O) groups is 4. The first kappa shape index (κ1) is 36.3. The van der Waals surface area contributed by atoms with Gasteiger partial charge in [0.15, 0.2) is 0 Å². The topological polar surface area (TPSA) is 148 Å². The third-order valence-corrected chi connectivity index (χ3v) is 11.5. The monoisotopic (exact) mass is 741 g/mol. The summed E-state index contributed by atoms with van der Waals surface area (Å²) in [5.74, 6) is -0.623. The Morgan fingerprint density at radius 3 is 2.45 bits per heavy atom. The van der Waals surface area contributed by atoms with Crippen LogP contribution >= 0.6 is 11.6 Å². The third-order valence-electron chi connectivity index (χ3n) is 11.2. The summed E-state index contributed by atoms with van der Waals surface area (Å²) in [5, 5.41) is 15.0. The molecule has 4 amide bonds. The molecule has 2 N–H and O–H groups in total. The van der Waals surface area contributed by atoms with Crippen LogP contribution in [0, 0.1) is 28.0 Å². The second-order valence-electron chi connectivity index (χ2n) is 15.5. The molecular formula is C39H41ClFN7O5. The van der Waals surface area contributed by atoms with Crippen molar-refractivity contribution in [1.29, 1.82) is 5.26 Å². The molecule has 1 atom stereocenters. The molecule has 0 radical (unpaired) electrons. The van der Waals surface area contributed by atoms with Crippen LogP contribution < -0.4 is 20.3 Å². The minimum atomic E-state index is -0.748. The van der Waals surface area contributed by atoms with E-state index in [1.807, 2.05) is 6.07 Å². The average molecular weight is 742 g/mol. The molecule has 276 valence electrons. The van der Waals surface area contributed by atoms with E-state index in [1.165, 1.54) is 11.0 Å². The van der Waals surface area contributed by atoms with Gasteiger partial charge in [-0.3, -0.25) is 29.4 Å². The minimum absolute atomic E-state index is 0.158. The van der Waals surface area contributed by atoms with Crippen LogP contribution in [0.5, 0.6) is 5.75 Å². The van der Waals surface area contributed by atoms with Crippen molar-refractivity contribution in [3.05, 3.63) is 87.3 Å². The standard InChI is InChI=1S/C39H41ClFN7O5/c1-38(2)36(39(3,4)37(38)53-26-7-5-22(18-42)28(40)16-26)45-33(50)23-6-9-31(43-19-23)47-13-11-46(12-14-47)20-25-15-24-21-48(35(52)27(24)17-29(25)41)30-8-10-32(49)44-34(30)51/h5-7,9,15-17,19,30,36-37H,8,10-14,20-21H2,1-4H3,(H,45,50)(H,44,49,51). The molecule has 0 bridgehead atoms. The van der Waals surface area contributed by atoms with E-state index in [2.05, 4.69) is 59.2 Å². The molecule has 4 heterocycles. The van der Waals surface area contributed by atoms with E-state index >= 15 is 4.39 Å². The maximum absolute atomic E-state index is 15.3. The van der Waals surface area contributed by atoms with Crippen molar-refractivity contribution in [2.75, 3.05) is 31.1 Å². The Labute approximate surface area is 312 Å². The number of nitrogens with zero attached hydrogens (tertiary/aromatic N) is 5. The normalized spacial score (nSPS) is 23.5. The van der Waals surface area contributed by atoms with Crippen molar-refractivity contribution in [3.8, 4) is 11.8 Å². The van der Waals surface area contributed by atoms with Gasteiger partial charge in [-0.2, -0.15) is 5.26 Å². The molecule has 53 heavy (non-hydrogen) atoms. The lowest BCUT2D eigenvalue weighted by atomic mass is 9.49. The number of amides is 4. The SMILES string of the molecule is CC1(C)C(NC(=O)c2ccc(N3CCN(Cc4cc5c(cc4F)C(=O)N(C4CCC(=O)NC4=O)C5)CC3)nc2)C(C)(C)C1Oc1ccc(C#N)c(Cl)c1. The molecule has 3 aromatic rings. The number of hydrogen-bond donors (Lipinski definition) is 2. The van der Waals surface area contributed by atoms with Gasteiger partial charge >= 0.3 is 0 Å². The van der Waals surface area contributed by atoms with E-state index < -0.39 is 34.5 Å². The van der Waals surface area contributed by atoms with Crippen molar-refractivity contribution in [2.24, 2.45) is 10.8 Å². The highest BCUT2D eigenvalue weighted by Crippen LogP contribution is 2.55. The third kappa shape index (κ3) is 6.70. The smallest absolute Gasteiger partial charge is 0.255 e. The number of nitriles is 1. The largest absolute Gasteiger partial charge is 0.489 e. The van der Waals surface area contributed by atoms with Crippen LogP contribution in [-0.4, -0.2) is 82.8 Å². The maximum atomic E-state index is 15.3. The van der Waals surface area contributed by atoms with Crippen molar-refractivity contribution >= 4 is 41.0 Å². The molecule has 1 aliphatic carbocycles. The van der Waals surface area contributed by atoms with Gasteiger partial charge in [0.25, 0.3) is 11.8 Å². The van der Waals surface area contributed by atoms with E-state index in [9.17, 15) is 24.4 Å². The first-order chi connectivity index (χ1) is 25.2. The minimum Gasteiger partial charge on any atom is -0.489 e. The molecule has 4 aliphatic rings. The van der Waals surface area contributed by atoms with Crippen LogP contribution in [-0.2, 0) is 22.7 Å². The highest BCUT2D eigenvalue weighted by molar-refractivity contribution is 6.31. The van der Waals surface area contributed by atoms with Crippen LogP contribution in [0.4, 0.5) is 10.2 Å². The summed E-state index contributed by atoms with van der Waals surface area (Å²) in [6.07, 6.45) is 1.77. The zero-order valence-electron chi connectivity index (χ0n) is 30.0. The van der Waals surface area contributed by atoms with Crippen molar-refractivity contribution < 1.29 is 28.3 Å². The fourth-order valence-electron chi connectivity index (χ4n) is 8.66. The Balaban J connectivity index is 0.921. The molecule has 1 saturated carbocycles. The van der Waals surface area contributed by atoms with Gasteiger partial charge < -0.3 is 19.9 Å². The lowest BCUT2D eigenvalue weighted by Crippen LogP contribution is -2.74. The van der Waals surface area contributed by atoms with Gasteiger partial charge in [0, 0.05) is 86.0 Å². The predicted octanol–water partition coefficient (Wildman–Crippen LogP) is 4.44. The molecule has 2 aromatic carbocycles. The predicted molar refractivity (Wildman–Crippen MR) is 194 cm³/mol. The molecule has 3 aliphatic heterocycles. The second-order valence-corrected chi connectivity index (χ2v) is 15.9. The Hall–Kier alpha value is -5.06. The van der Waals surface area contributed by atoms with Crippen LogP contribution in [0.3, 0.4) is 0 Å². The summed E-state index contributed by atoms with van der Waals surface area (Å²) in [7, 11) is 0. The molecule has 1 unspecified atom stereocenters. The summed E-state index contributed by atoms with van der Waals surface area (Å²) < 4.78 is 21.6. The number of pyridine rings is 1. The zero-order chi connectivity index (χ0) is 37.8. The lowest BCUT2D eigenvalue weighted by Gasteiger charge is -2.63. The number of hydrogen-bond acceptors (Lipinski definition) is 9. The molecule has 1 aromatic heterocycles. The summed E-state index contributed by atoms with van der Waals surface area (Å²) in [4.78, 5) is 60.7. The summed E-state index contributed by atoms with van der Waals surface area (Å²) >= 11 is 6.22. The molecule has 7 rings (SSSR count). The number of imide groups is 1. The number of benzene rings is 2. The molecule has 0 spiro atoms. The zero-order valence-corrected chi connectivity index (χ0v) is 30.8. The van der Waals surface area contributed by atoms with Gasteiger partial charge in [-0.05, 0) is 48.4 Å². The Morgan fingerprint density at radius 2 is 1.81 bits per heavy atom. The van der Waals surface area contributed by atoms with Crippen LogP contribution in [0.2, 0.25) is 5.02 Å². The highest BCUT2D eigenvalue weighted by atomic mass is 35.5. The first-order valence-electron chi connectivity index (χ1n) is 17.7. The second kappa shape index (κ2) is 13.7. The van der Waals surface area contributed by atoms with Gasteiger partial charge in [0.2, 0.25) is 11.8 Å². The number of piperidine rings is 1. The fraction of sp³-hybridized carbons (Fsp3) is 0.436. The van der Waals surface area contributed by atoms with E-state index in [-0.39, 0.29) is 48.9 Å². The van der Waals surface area contributed by atoms with Crippen molar-refractivity contribution in [1.82, 2.24) is 25.4 Å². The maximum Gasteiger partial charge on any atom is 0.255 e. The van der Waals surface area contributed by atoms with E-state index in [0.29, 0.717) is 65.7 Å². The Kier molecular flexibility index (Phi) is 9.41. The average Bonchev–Trinajstić information content (AvgIpc) is 3.43. The fourth-order valence-corrected chi connectivity index (χ4v) is 8.87. The number of nitrogens with one attached hydrogen (secondary N) is 2. The highest BCUT2D eigenvalue weighted by Gasteiger charge is 2.64. The van der Waals surface area contributed by atoms with Crippen LogP contribution in [0.1, 0.15) is 77.9 Å². The quantitative estimate of drug-likeness (QED) is 0.320. The Bertz CT molecular complexity index is 2020. The molecule has 14 heteroatoms. The van der Waals surface area contributed by atoms with Crippen molar-refractivity contribution in [2.45, 2.75) is 71.8 Å². The number of piperazine rings is 1. The van der Waals surface area contributed by atoms with Crippen LogP contribution in [0.15, 0.2) is 48.7 Å². The van der Waals surface area contributed by atoms with E-state index in [1.54, 1.807) is 36.5 Å². The molecular weight excluding hydrogens is 701 g/mol. The number of carbonyl (C=O) groups excluding carboxylic acids is 4. The van der Waals surface area contributed by atoms with Crippen LogP contribution in [0.25, 0.3) is 0 Å². The number of fused-ring (bicyclic) bond motifs is 1. The van der Waals surface area contributed by atoms with E-state index in [4.69, 9.17) is 16.3 Å². The van der Waals surface area contributed by atoms with Gasteiger partial charge in [-0.15, -0.1) is 0 Å². The first-order valence-corrected chi connectivity index (χ1v) is 18.1. The van der Waals surface area contributed by atoms with Crippen molar-refractivity contribution in [3.63, 3.8) is 0 Å². The summed E-state index contributed by atoms with van der Waals surface area (Å²) in [6, 6.07) is 12.7. The number of rotatable bonds is 8. The number of aromatic nitrogens is 1. The molecule has 2 saturated heterocycles. The van der Waals surface area contributed by atoms with E-state index in [0.717, 1.165) is 5.82 Å². The number of ether oxygens (including phenoxy) is 1. The van der Waals surface area contributed by atoms with Gasteiger partial charge in [0.1, 0.15) is 35.6 Å². The number of halogens is 2. The molecule has 3 fully saturated rings. The summed E-state index contributed by atoms with van der Waals surface area (Å²) in [5.41, 5.74) is 1.44. The number of anilines is 1. The lowest BCUT2D eigenvalue weighted by molar-refractivity contribution is -0.164. The molecule has 12 nitrogen and oxygen atoms in total. The van der Waals surface area contributed by atoms with Gasteiger partial charge in [-0.1, -0.05) is 39.3 Å².